The Morgan fingerprint density at radius 3 is 2.45 bits per heavy atom. The van der Waals surface area contributed by atoms with Gasteiger partial charge in [-0.25, -0.2) is 9.59 Å². The number of rotatable bonds is 4. The molecular weight excluding hydrogens is 396 g/mol. The molecule has 1 aromatic carbocycles. The molecule has 168 valence electrons. The number of hydrogen-bond acceptors (Lipinski definition) is 5. The Balaban J connectivity index is 1.85. The number of fused-ring (bicyclic) bond motifs is 1. The second kappa shape index (κ2) is 9.54. The minimum absolute atomic E-state index is 0.111. The average Bonchev–Trinajstić information content (AvgIpc) is 3.05. The SMILES string of the molecule is COC(=O)[C@@H]1C[C@H](Cc2ccccc2)[C@@H]2C/C=C\C[C@H](NC(=O)OC(C)(C)C)C(=O)N12. The lowest BCUT2D eigenvalue weighted by Gasteiger charge is -2.34. The van der Waals surface area contributed by atoms with Crippen LogP contribution in [0.5, 0.6) is 0 Å². The monoisotopic (exact) mass is 428 g/mol. The van der Waals surface area contributed by atoms with E-state index in [0.29, 0.717) is 19.3 Å². The van der Waals surface area contributed by atoms with E-state index in [2.05, 4.69) is 17.4 Å². The molecule has 2 aliphatic rings. The van der Waals surface area contributed by atoms with Crippen LogP contribution in [0, 0.1) is 5.92 Å². The second-order valence-corrected chi connectivity index (χ2v) is 9.18. The Morgan fingerprint density at radius 2 is 1.81 bits per heavy atom. The molecule has 1 N–H and O–H groups in total. The lowest BCUT2D eigenvalue weighted by molar-refractivity contribution is -0.153. The first-order chi connectivity index (χ1) is 14.7. The van der Waals surface area contributed by atoms with Gasteiger partial charge in [0.2, 0.25) is 5.91 Å². The lowest BCUT2D eigenvalue weighted by Crippen LogP contribution is -2.55. The number of carbonyl (C=O) groups excluding carboxylic acids is 3. The smallest absolute Gasteiger partial charge is 0.408 e. The molecule has 2 heterocycles. The molecule has 2 amide bonds. The Labute approximate surface area is 183 Å². The van der Waals surface area contributed by atoms with Crippen molar-refractivity contribution in [1.29, 1.82) is 0 Å². The van der Waals surface area contributed by atoms with Crippen LogP contribution in [-0.4, -0.2) is 53.7 Å². The average molecular weight is 429 g/mol. The van der Waals surface area contributed by atoms with Crippen LogP contribution >= 0.6 is 0 Å². The first kappa shape index (κ1) is 22.8. The molecule has 31 heavy (non-hydrogen) atoms. The van der Waals surface area contributed by atoms with E-state index in [1.165, 1.54) is 12.7 Å². The Kier molecular flexibility index (Phi) is 7.03. The highest BCUT2D eigenvalue weighted by molar-refractivity contribution is 5.91. The molecule has 2 aliphatic heterocycles. The molecule has 7 heteroatoms. The summed E-state index contributed by atoms with van der Waals surface area (Å²) in [5.41, 5.74) is 0.496. The summed E-state index contributed by atoms with van der Waals surface area (Å²) in [5, 5.41) is 2.69. The summed E-state index contributed by atoms with van der Waals surface area (Å²) in [7, 11) is 1.34. The Bertz CT molecular complexity index is 830. The molecule has 0 saturated carbocycles. The fourth-order valence-electron chi connectivity index (χ4n) is 4.44. The molecule has 3 rings (SSSR count). The Hall–Kier alpha value is -2.83. The van der Waals surface area contributed by atoms with Gasteiger partial charge in [0.25, 0.3) is 0 Å². The van der Waals surface area contributed by atoms with Crippen molar-refractivity contribution in [2.24, 2.45) is 5.92 Å². The maximum atomic E-state index is 13.5. The van der Waals surface area contributed by atoms with Crippen molar-refractivity contribution in [1.82, 2.24) is 10.2 Å². The van der Waals surface area contributed by atoms with E-state index in [1.54, 1.807) is 25.7 Å². The van der Waals surface area contributed by atoms with E-state index < -0.39 is 29.7 Å². The Morgan fingerprint density at radius 1 is 1.13 bits per heavy atom. The molecule has 1 saturated heterocycles. The summed E-state index contributed by atoms with van der Waals surface area (Å²) in [4.78, 5) is 40.1. The molecule has 0 bridgehead atoms. The second-order valence-electron chi connectivity index (χ2n) is 9.18. The number of alkyl carbamates (subject to hydrolysis) is 1. The van der Waals surface area contributed by atoms with E-state index in [9.17, 15) is 14.4 Å². The van der Waals surface area contributed by atoms with Gasteiger partial charge in [0.1, 0.15) is 17.7 Å². The first-order valence-corrected chi connectivity index (χ1v) is 10.8. The number of ether oxygens (including phenoxy) is 2. The molecule has 0 spiro atoms. The van der Waals surface area contributed by atoms with Crippen molar-refractivity contribution in [2.45, 2.75) is 70.2 Å². The maximum absolute atomic E-state index is 13.5. The fraction of sp³-hybridized carbons (Fsp3) is 0.542. The van der Waals surface area contributed by atoms with Gasteiger partial charge in [-0.1, -0.05) is 42.5 Å². The van der Waals surface area contributed by atoms with Crippen LogP contribution in [-0.2, 0) is 25.5 Å². The van der Waals surface area contributed by atoms with Crippen LogP contribution < -0.4 is 5.32 Å². The minimum Gasteiger partial charge on any atom is -0.467 e. The zero-order valence-electron chi connectivity index (χ0n) is 18.7. The number of carbonyl (C=O) groups is 3. The van der Waals surface area contributed by atoms with Crippen molar-refractivity contribution >= 4 is 18.0 Å². The minimum atomic E-state index is -0.795. The van der Waals surface area contributed by atoms with Crippen LogP contribution in [0.3, 0.4) is 0 Å². The van der Waals surface area contributed by atoms with Gasteiger partial charge in [0.15, 0.2) is 0 Å². The third kappa shape index (κ3) is 5.66. The van der Waals surface area contributed by atoms with Crippen molar-refractivity contribution < 1.29 is 23.9 Å². The largest absolute Gasteiger partial charge is 0.467 e. The predicted molar refractivity (Wildman–Crippen MR) is 116 cm³/mol. The van der Waals surface area contributed by atoms with Crippen LogP contribution in [0.25, 0.3) is 0 Å². The molecule has 1 aromatic rings. The van der Waals surface area contributed by atoms with Gasteiger partial charge < -0.3 is 19.7 Å². The van der Waals surface area contributed by atoms with Crippen molar-refractivity contribution in [2.75, 3.05) is 7.11 Å². The number of methoxy groups -OCH3 is 1. The molecule has 0 aliphatic carbocycles. The number of amides is 2. The van der Waals surface area contributed by atoms with Crippen molar-refractivity contribution in [3.63, 3.8) is 0 Å². The topological polar surface area (TPSA) is 84.9 Å². The van der Waals surface area contributed by atoms with E-state index in [0.717, 1.165) is 6.42 Å². The van der Waals surface area contributed by atoms with Crippen molar-refractivity contribution in [3.05, 3.63) is 48.0 Å². The van der Waals surface area contributed by atoms with Crippen molar-refractivity contribution in [3.8, 4) is 0 Å². The third-order valence-electron chi connectivity index (χ3n) is 5.74. The standard InChI is InChI=1S/C24H32N2O5/c1-24(2,3)31-23(29)25-18-12-8-9-13-19-17(14-16-10-6-5-7-11-16)15-20(22(28)30-4)26(19)21(18)27/h5-11,17-20H,12-15H2,1-4H3,(H,25,29)/b9-8-/t17-,18-,19-,20-/m0/s1. The van der Waals surface area contributed by atoms with Gasteiger partial charge in [-0.3, -0.25) is 4.79 Å². The highest BCUT2D eigenvalue weighted by Crippen LogP contribution is 2.37. The van der Waals surface area contributed by atoms with Crippen LogP contribution in [0.15, 0.2) is 42.5 Å². The summed E-state index contributed by atoms with van der Waals surface area (Å²) in [6.07, 6.45) is 5.61. The van der Waals surface area contributed by atoms with Crippen LogP contribution in [0.4, 0.5) is 4.79 Å². The van der Waals surface area contributed by atoms with Crippen LogP contribution in [0.2, 0.25) is 0 Å². The third-order valence-corrected chi connectivity index (χ3v) is 5.74. The highest BCUT2D eigenvalue weighted by atomic mass is 16.6. The molecule has 4 atom stereocenters. The van der Waals surface area contributed by atoms with E-state index >= 15 is 0 Å². The van der Waals surface area contributed by atoms with Gasteiger partial charge in [-0.2, -0.15) is 0 Å². The fourth-order valence-corrected chi connectivity index (χ4v) is 4.44. The molecule has 0 aromatic heterocycles. The number of nitrogens with zero attached hydrogens (tertiary/aromatic N) is 1. The normalized spacial score (nSPS) is 27.0. The quantitative estimate of drug-likeness (QED) is 0.588. The zero-order chi connectivity index (χ0) is 22.6. The molecule has 1 fully saturated rings. The van der Waals surface area contributed by atoms with E-state index in [-0.39, 0.29) is 17.9 Å². The summed E-state index contributed by atoms with van der Waals surface area (Å²) < 4.78 is 10.4. The molecule has 7 nitrogen and oxygen atoms in total. The van der Waals surface area contributed by atoms with Gasteiger partial charge in [-0.05, 0) is 57.9 Å². The number of hydrogen-bond donors (Lipinski definition) is 1. The van der Waals surface area contributed by atoms with Gasteiger partial charge in [0.05, 0.1) is 7.11 Å². The molecular formula is C24H32N2O5. The number of nitrogens with one attached hydrogen (secondary N) is 1. The van der Waals surface area contributed by atoms with E-state index in [4.69, 9.17) is 9.47 Å². The number of benzene rings is 1. The highest BCUT2D eigenvalue weighted by Gasteiger charge is 2.48. The maximum Gasteiger partial charge on any atom is 0.408 e. The van der Waals surface area contributed by atoms with Gasteiger partial charge in [0, 0.05) is 6.04 Å². The van der Waals surface area contributed by atoms with Crippen LogP contribution in [0.1, 0.15) is 45.6 Å². The summed E-state index contributed by atoms with van der Waals surface area (Å²) in [5.74, 6) is -0.582. The number of esters is 1. The summed E-state index contributed by atoms with van der Waals surface area (Å²) >= 11 is 0. The first-order valence-electron chi connectivity index (χ1n) is 10.8. The summed E-state index contributed by atoms with van der Waals surface area (Å²) in [6, 6.07) is 8.47. The predicted octanol–water partition coefficient (Wildman–Crippen LogP) is 3.23. The lowest BCUT2D eigenvalue weighted by atomic mass is 9.89. The van der Waals surface area contributed by atoms with Gasteiger partial charge in [-0.15, -0.1) is 0 Å². The zero-order valence-corrected chi connectivity index (χ0v) is 18.7. The molecule has 0 radical (unpaired) electrons. The van der Waals surface area contributed by atoms with E-state index in [1.807, 2.05) is 30.4 Å². The molecule has 0 unspecified atom stereocenters. The summed E-state index contributed by atoms with van der Waals surface area (Å²) in [6.45, 7) is 5.30. The van der Waals surface area contributed by atoms with Gasteiger partial charge >= 0.3 is 12.1 Å².